The molecule has 1 aromatic heterocycles. The van der Waals surface area contributed by atoms with Gasteiger partial charge in [0.05, 0.1) is 18.1 Å². The van der Waals surface area contributed by atoms with E-state index in [0.29, 0.717) is 37.2 Å². The SMILES string of the molecule is NC(=O)c1nn(C2CCN(CC(=O)OC(=O)C(F)(F)F)CC2)c2ccc(CCC3CCNCC3)cc12. The fourth-order valence-electron chi connectivity index (χ4n) is 5.04. The van der Waals surface area contributed by atoms with Crippen molar-refractivity contribution in [3.63, 3.8) is 0 Å². The van der Waals surface area contributed by atoms with Crippen LogP contribution in [0.15, 0.2) is 18.2 Å². The van der Waals surface area contributed by atoms with E-state index in [1.54, 1.807) is 9.58 Å². The van der Waals surface area contributed by atoms with E-state index in [0.717, 1.165) is 37.0 Å². The number of fused-ring (bicyclic) bond motifs is 1. The number of piperidine rings is 2. The summed E-state index contributed by atoms with van der Waals surface area (Å²) in [5.41, 5.74) is 7.76. The largest absolute Gasteiger partial charge is 0.491 e. The lowest BCUT2D eigenvalue weighted by Gasteiger charge is -2.31. The molecule has 3 heterocycles. The van der Waals surface area contributed by atoms with E-state index in [-0.39, 0.29) is 11.7 Å². The van der Waals surface area contributed by atoms with E-state index in [2.05, 4.69) is 21.2 Å². The number of benzene rings is 1. The second-order valence-corrected chi connectivity index (χ2v) is 9.51. The first-order valence-electron chi connectivity index (χ1n) is 12.2. The Kier molecular flexibility index (Phi) is 7.94. The number of primary amides is 1. The third-order valence-electron chi connectivity index (χ3n) is 7.00. The van der Waals surface area contributed by atoms with Crippen LogP contribution in [0, 0.1) is 5.92 Å². The van der Waals surface area contributed by atoms with Gasteiger partial charge in [0.2, 0.25) is 0 Å². The van der Waals surface area contributed by atoms with Gasteiger partial charge in [-0.05, 0) is 75.2 Å². The molecule has 0 bridgehead atoms. The van der Waals surface area contributed by atoms with Crippen molar-refractivity contribution in [2.24, 2.45) is 11.7 Å². The number of hydrogen-bond acceptors (Lipinski definition) is 7. The Hall–Kier alpha value is -2.99. The maximum Gasteiger partial charge on any atom is 0.491 e. The Labute approximate surface area is 206 Å². The Morgan fingerprint density at radius 1 is 1.11 bits per heavy atom. The summed E-state index contributed by atoms with van der Waals surface area (Å²) in [6, 6.07) is 5.92. The molecule has 0 spiro atoms. The number of aromatic nitrogens is 2. The van der Waals surface area contributed by atoms with Gasteiger partial charge < -0.3 is 15.8 Å². The van der Waals surface area contributed by atoms with Crippen LogP contribution in [0.3, 0.4) is 0 Å². The van der Waals surface area contributed by atoms with Gasteiger partial charge in [-0.15, -0.1) is 0 Å². The summed E-state index contributed by atoms with van der Waals surface area (Å²) in [6.07, 6.45) is 0.219. The standard InChI is InChI=1S/C24H30F3N5O4/c25-24(26,27)23(35)36-20(33)14-31-11-7-17(8-12-31)32-19-4-3-16(2-1-15-5-9-29-10-6-15)13-18(19)21(30-32)22(28)34/h3-4,13,15,17,29H,1-2,5-12,14H2,(H2,28,34). The van der Waals surface area contributed by atoms with Gasteiger partial charge in [-0.25, -0.2) is 4.79 Å². The number of rotatable bonds is 7. The average Bonchev–Trinajstić information content (AvgIpc) is 3.22. The second-order valence-electron chi connectivity index (χ2n) is 9.51. The Bertz CT molecular complexity index is 1120. The van der Waals surface area contributed by atoms with Crippen molar-refractivity contribution in [2.75, 3.05) is 32.7 Å². The van der Waals surface area contributed by atoms with Crippen molar-refractivity contribution in [2.45, 2.75) is 50.7 Å². The zero-order chi connectivity index (χ0) is 25.9. The van der Waals surface area contributed by atoms with Gasteiger partial charge in [0.1, 0.15) is 0 Å². The number of nitrogens with two attached hydrogens (primary N) is 1. The number of alkyl halides is 3. The Morgan fingerprint density at radius 3 is 2.44 bits per heavy atom. The summed E-state index contributed by atoms with van der Waals surface area (Å²) in [4.78, 5) is 36.3. The van der Waals surface area contributed by atoms with E-state index in [4.69, 9.17) is 5.73 Å². The summed E-state index contributed by atoms with van der Waals surface area (Å²) < 4.78 is 42.5. The number of amides is 1. The van der Waals surface area contributed by atoms with Crippen LogP contribution in [-0.4, -0.2) is 71.4 Å². The van der Waals surface area contributed by atoms with Crippen molar-refractivity contribution < 1.29 is 32.3 Å². The summed E-state index contributed by atoms with van der Waals surface area (Å²) in [7, 11) is 0. The molecule has 0 radical (unpaired) electrons. The van der Waals surface area contributed by atoms with Crippen LogP contribution in [0.25, 0.3) is 10.9 Å². The van der Waals surface area contributed by atoms with Gasteiger partial charge in [0.25, 0.3) is 5.91 Å². The van der Waals surface area contributed by atoms with Gasteiger partial charge in [-0.2, -0.15) is 18.3 Å². The summed E-state index contributed by atoms with van der Waals surface area (Å²) in [6.45, 7) is 2.46. The monoisotopic (exact) mass is 509 g/mol. The van der Waals surface area contributed by atoms with Crippen LogP contribution < -0.4 is 11.1 Å². The van der Waals surface area contributed by atoms with Gasteiger partial charge in [-0.1, -0.05) is 6.07 Å². The minimum atomic E-state index is -5.21. The van der Waals surface area contributed by atoms with Crippen LogP contribution in [0.2, 0.25) is 0 Å². The number of esters is 2. The smallest absolute Gasteiger partial charge is 0.385 e. The van der Waals surface area contributed by atoms with Crippen LogP contribution in [0.5, 0.6) is 0 Å². The quantitative estimate of drug-likeness (QED) is 0.434. The molecule has 2 fully saturated rings. The maximum absolute atomic E-state index is 12.3. The zero-order valence-corrected chi connectivity index (χ0v) is 19.9. The molecule has 12 heteroatoms. The molecule has 0 atom stereocenters. The lowest BCUT2D eigenvalue weighted by molar-refractivity contribution is -0.202. The first kappa shape index (κ1) is 26.1. The molecule has 196 valence electrons. The molecule has 2 aromatic rings. The van der Waals surface area contributed by atoms with Gasteiger partial charge in [-0.3, -0.25) is 19.2 Å². The molecular weight excluding hydrogens is 479 g/mol. The highest BCUT2D eigenvalue weighted by Crippen LogP contribution is 2.30. The molecular formula is C24H30F3N5O4. The number of hydrogen-bond donors (Lipinski definition) is 2. The Morgan fingerprint density at radius 2 is 1.81 bits per heavy atom. The number of nitrogens with zero attached hydrogens (tertiary/aromatic N) is 3. The predicted octanol–water partition coefficient (Wildman–Crippen LogP) is 2.34. The van der Waals surface area contributed by atoms with Gasteiger partial charge in [0.15, 0.2) is 5.69 Å². The molecule has 0 saturated carbocycles. The number of nitrogens with one attached hydrogen (secondary N) is 1. The number of likely N-dealkylation sites (tertiary alicyclic amines) is 1. The fourth-order valence-corrected chi connectivity index (χ4v) is 5.04. The molecule has 0 aliphatic carbocycles. The summed E-state index contributed by atoms with van der Waals surface area (Å²) in [5.74, 6) is -3.68. The van der Waals surface area contributed by atoms with E-state index in [1.165, 1.54) is 12.8 Å². The molecule has 2 aliphatic heterocycles. The van der Waals surface area contributed by atoms with Crippen molar-refractivity contribution in [3.05, 3.63) is 29.5 Å². The summed E-state index contributed by atoms with van der Waals surface area (Å²) in [5, 5.41) is 8.59. The Balaban J connectivity index is 1.40. The van der Waals surface area contributed by atoms with E-state index in [1.807, 2.05) is 12.1 Å². The van der Waals surface area contributed by atoms with E-state index >= 15 is 0 Å². The topological polar surface area (TPSA) is 120 Å². The molecule has 36 heavy (non-hydrogen) atoms. The molecule has 9 nitrogen and oxygen atoms in total. The molecule has 3 N–H and O–H groups in total. The number of aryl methyl sites for hydroxylation is 1. The van der Waals surface area contributed by atoms with Crippen molar-refractivity contribution in [1.82, 2.24) is 20.0 Å². The van der Waals surface area contributed by atoms with Crippen molar-refractivity contribution >= 4 is 28.7 Å². The lowest BCUT2D eigenvalue weighted by atomic mass is 9.91. The highest BCUT2D eigenvalue weighted by Gasteiger charge is 2.42. The molecule has 1 amide bonds. The molecule has 0 unspecified atom stereocenters. The number of carbonyl (C=O) groups excluding carboxylic acids is 3. The fraction of sp³-hybridized carbons (Fsp3) is 0.583. The first-order valence-corrected chi connectivity index (χ1v) is 12.2. The zero-order valence-electron chi connectivity index (χ0n) is 19.9. The average molecular weight is 510 g/mol. The van der Waals surface area contributed by atoms with Gasteiger partial charge in [0, 0.05) is 18.5 Å². The number of ether oxygens (including phenoxy) is 1. The van der Waals surface area contributed by atoms with Crippen LogP contribution >= 0.6 is 0 Å². The number of halogens is 3. The van der Waals surface area contributed by atoms with Gasteiger partial charge >= 0.3 is 18.1 Å². The highest BCUT2D eigenvalue weighted by atomic mass is 19.4. The maximum atomic E-state index is 12.3. The second kappa shape index (κ2) is 11.0. The van der Waals surface area contributed by atoms with Crippen LogP contribution in [0.1, 0.15) is 54.2 Å². The third kappa shape index (κ3) is 6.22. The third-order valence-corrected chi connectivity index (χ3v) is 7.00. The van der Waals surface area contributed by atoms with Crippen molar-refractivity contribution in [3.8, 4) is 0 Å². The lowest BCUT2D eigenvalue weighted by Crippen LogP contribution is -2.40. The molecule has 4 rings (SSSR count). The van der Waals surface area contributed by atoms with E-state index in [9.17, 15) is 27.6 Å². The molecule has 2 saturated heterocycles. The molecule has 2 aliphatic rings. The highest BCUT2D eigenvalue weighted by molar-refractivity contribution is 6.04. The molecule has 1 aromatic carbocycles. The minimum Gasteiger partial charge on any atom is -0.385 e. The van der Waals surface area contributed by atoms with E-state index < -0.39 is 30.6 Å². The number of carbonyl (C=O) groups is 3. The first-order chi connectivity index (χ1) is 17.1. The normalized spacial score (nSPS) is 18.4. The van der Waals surface area contributed by atoms with Crippen LogP contribution in [-0.2, 0) is 20.7 Å². The summed E-state index contributed by atoms with van der Waals surface area (Å²) >= 11 is 0. The van der Waals surface area contributed by atoms with Crippen LogP contribution in [0.4, 0.5) is 13.2 Å². The predicted molar refractivity (Wildman–Crippen MR) is 124 cm³/mol. The van der Waals surface area contributed by atoms with Crippen molar-refractivity contribution in [1.29, 1.82) is 0 Å². The minimum absolute atomic E-state index is 0.0785.